The van der Waals surface area contributed by atoms with Crippen molar-refractivity contribution in [2.75, 3.05) is 0 Å². The van der Waals surface area contributed by atoms with Crippen LogP contribution in [0.3, 0.4) is 0 Å². The second kappa shape index (κ2) is 5.92. The van der Waals surface area contributed by atoms with Crippen LogP contribution in [0.1, 0.15) is 17.0 Å². The monoisotopic (exact) mass is 335 g/mol. The molecule has 0 aliphatic carbocycles. The second-order valence-electron chi connectivity index (χ2n) is 4.27. The third kappa shape index (κ3) is 3.08. The Morgan fingerprint density at radius 1 is 1.35 bits per heavy atom. The number of aryl methyl sites for hydroxylation is 2. The maximum Gasteiger partial charge on any atom is 0.175 e. The molecule has 0 saturated carbocycles. The Morgan fingerprint density at radius 2 is 2.10 bits per heavy atom. The lowest BCUT2D eigenvalue weighted by Gasteiger charge is -2.13. The molecule has 0 atom stereocenters. The molecular formula is C14H14BrN3O2. The number of hydrogen-bond acceptors (Lipinski definition) is 4. The van der Waals surface area contributed by atoms with Crippen LogP contribution in [0, 0.1) is 13.8 Å². The predicted octanol–water partition coefficient (Wildman–Crippen LogP) is 3.35. The summed E-state index contributed by atoms with van der Waals surface area (Å²) in [4.78, 5) is 4.30. The highest BCUT2D eigenvalue weighted by Gasteiger charge is 2.15. The fourth-order valence-corrected chi connectivity index (χ4v) is 2.27. The molecule has 0 aliphatic heterocycles. The summed E-state index contributed by atoms with van der Waals surface area (Å²) in [5, 5.41) is 11.9. The predicted molar refractivity (Wildman–Crippen MR) is 80.4 cm³/mol. The normalized spacial score (nSPS) is 11.4. The van der Waals surface area contributed by atoms with E-state index < -0.39 is 0 Å². The Kier molecular flexibility index (Phi) is 4.24. The molecule has 0 amide bonds. The SMILES string of the molecule is Cc1cc(Oc2cccc(Br)c2)c(/C(N)=N/O)c(C)n1. The molecule has 6 heteroatoms. The molecule has 20 heavy (non-hydrogen) atoms. The van der Waals surface area contributed by atoms with E-state index in [0.29, 0.717) is 22.8 Å². The molecule has 2 rings (SSSR count). The summed E-state index contributed by atoms with van der Waals surface area (Å²) in [5.74, 6) is 1.12. The number of hydrogen-bond donors (Lipinski definition) is 2. The molecule has 104 valence electrons. The van der Waals surface area contributed by atoms with Gasteiger partial charge in [0.25, 0.3) is 0 Å². The lowest BCUT2D eigenvalue weighted by atomic mass is 10.1. The largest absolute Gasteiger partial charge is 0.456 e. The van der Waals surface area contributed by atoms with Crippen molar-refractivity contribution in [3.8, 4) is 11.5 Å². The number of nitrogens with two attached hydrogens (primary N) is 1. The Balaban J connectivity index is 2.50. The number of aromatic nitrogens is 1. The van der Waals surface area contributed by atoms with Gasteiger partial charge in [-0.25, -0.2) is 0 Å². The van der Waals surface area contributed by atoms with E-state index in [-0.39, 0.29) is 5.84 Å². The summed E-state index contributed by atoms with van der Waals surface area (Å²) in [6, 6.07) is 9.18. The van der Waals surface area contributed by atoms with Gasteiger partial charge in [-0.15, -0.1) is 0 Å². The van der Waals surface area contributed by atoms with Crippen molar-refractivity contribution in [3.63, 3.8) is 0 Å². The molecular weight excluding hydrogens is 322 g/mol. The van der Waals surface area contributed by atoms with E-state index in [9.17, 15) is 0 Å². The van der Waals surface area contributed by atoms with Crippen molar-refractivity contribution in [2.45, 2.75) is 13.8 Å². The number of ether oxygens (including phenoxy) is 1. The molecule has 0 saturated heterocycles. The van der Waals surface area contributed by atoms with Gasteiger partial charge in [0.2, 0.25) is 0 Å². The van der Waals surface area contributed by atoms with Gasteiger partial charge in [0.05, 0.1) is 11.3 Å². The quantitative estimate of drug-likeness (QED) is 0.390. The third-order valence-corrected chi connectivity index (χ3v) is 3.17. The van der Waals surface area contributed by atoms with Gasteiger partial charge in [-0.3, -0.25) is 4.98 Å². The summed E-state index contributed by atoms with van der Waals surface area (Å²) in [5.41, 5.74) is 7.62. The molecule has 0 fully saturated rings. The highest BCUT2D eigenvalue weighted by atomic mass is 79.9. The van der Waals surface area contributed by atoms with E-state index in [2.05, 4.69) is 26.1 Å². The van der Waals surface area contributed by atoms with E-state index in [4.69, 9.17) is 15.7 Å². The van der Waals surface area contributed by atoms with Crippen LogP contribution in [-0.4, -0.2) is 16.0 Å². The van der Waals surface area contributed by atoms with Gasteiger partial charge in [0.1, 0.15) is 11.5 Å². The van der Waals surface area contributed by atoms with Gasteiger partial charge < -0.3 is 15.7 Å². The summed E-state index contributed by atoms with van der Waals surface area (Å²) in [7, 11) is 0. The molecule has 0 spiro atoms. The highest BCUT2D eigenvalue weighted by Crippen LogP contribution is 2.29. The van der Waals surface area contributed by atoms with Crippen LogP contribution in [0.25, 0.3) is 0 Å². The lowest BCUT2D eigenvalue weighted by Crippen LogP contribution is -2.17. The smallest absolute Gasteiger partial charge is 0.175 e. The number of nitrogens with zero attached hydrogens (tertiary/aromatic N) is 2. The molecule has 5 nitrogen and oxygen atoms in total. The van der Waals surface area contributed by atoms with Crippen molar-refractivity contribution in [1.82, 2.24) is 4.98 Å². The van der Waals surface area contributed by atoms with Crippen molar-refractivity contribution >= 4 is 21.8 Å². The van der Waals surface area contributed by atoms with Crippen molar-refractivity contribution in [3.05, 3.63) is 51.8 Å². The first-order chi connectivity index (χ1) is 9.51. The maximum absolute atomic E-state index is 8.89. The molecule has 0 radical (unpaired) electrons. The molecule has 1 aromatic carbocycles. The minimum atomic E-state index is -0.0278. The van der Waals surface area contributed by atoms with Crippen LogP contribution >= 0.6 is 15.9 Å². The van der Waals surface area contributed by atoms with Gasteiger partial charge in [-0.2, -0.15) is 0 Å². The molecule has 0 unspecified atom stereocenters. The fourth-order valence-electron chi connectivity index (χ4n) is 1.89. The molecule has 1 heterocycles. The van der Waals surface area contributed by atoms with Crippen LogP contribution in [0.2, 0.25) is 0 Å². The number of pyridine rings is 1. The van der Waals surface area contributed by atoms with E-state index in [1.165, 1.54) is 0 Å². The van der Waals surface area contributed by atoms with E-state index in [1.54, 1.807) is 13.0 Å². The molecule has 3 N–H and O–H groups in total. The van der Waals surface area contributed by atoms with E-state index >= 15 is 0 Å². The van der Waals surface area contributed by atoms with Gasteiger partial charge in [-0.1, -0.05) is 27.2 Å². The fraction of sp³-hybridized carbons (Fsp3) is 0.143. The Hall–Kier alpha value is -2.08. The Morgan fingerprint density at radius 3 is 2.75 bits per heavy atom. The van der Waals surface area contributed by atoms with Crippen molar-refractivity contribution in [1.29, 1.82) is 0 Å². The maximum atomic E-state index is 8.89. The molecule has 0 bridgehead atoms. The van der Waals surface area contributed by atoms with E-state index in [1.807, 2.05) is 31.2 Å². The number of amidine groups is 1. The first-order valence-electron chi connectivity index (χ1n) is 5.91. The summed E-state index contributed by atoms with van der Waals surface area (Å²) >= 11 is 3.38. The van der Waals surface area contributed by atoms with Crippen LogP contribution < -0.4 is 10.5 Å². The van der Waals surface area contributed by atoms with Gasteiger partial charge >= 0.3 is 0 Å². The summed E-state index contributed by atoms with van der Waals surface area (Å²) in [6.45, 7) is 3.64. The molecule has 0 aliphatic rings. The topological polar surface area (TPSA) is 80.7 Å². The average molecular weight is 336 g/mol. The number of rotatable bonds is 3. The number of oxime groups is 1. The highest BCUT2D eigenvalue weighted by molar-refractivity contribution is 9.10. The van der Waals surface area contributed by atoms with Crippen molar-refractivity contribution < 1.29 is 9.94 Å². The third-order valence-electron chi connectivity index (χ3n) is 2.68. The number of benzene rings is 1. The Labute approximate surface area is 125 Å². The van der Waals surface area contributed by atoms with Crippen LogP contribution in [0.15, 0.2) is 40.0 Å². The van der Waals surface area contributed by atoms with Gasteiger partial charge in [0.15, 0.2) is 5.84 Å². The molecule has 1 aromatic heterocycles. The molecule has 2 aromatic rings. The Bertz CT molecular complexity index is 671. The van der Waals surface area contributed by atoms with Gasteiger partial charge in [-0.05, 0) is 32.0 Å². The summed E-state index contributed by atoms with van der Waals surface area (Å²) in [6.07, 6.45) is 0. The van der Waals surface area contributed by atoms with Crippen LogP contribution in [0.4, 0.5) is 0 Å². The zero-order valence-electron chi connectivity index (χ0n) is 11.1. The zero-order chi connectivity index (χ0) is 14.7. The zero-order valence-corrected chi connectivity index (χ0v) is 12.7. The summed E-state index contributed by atoms with van der Waals surface area (Å²) < 4.78 is 6.74. The number of halogens is 1. The van der Waals surface area contributed by atoms with Crippen LogP contribution in [0.5, 0.6) is 11.5 Å². The van der Waals surface area contributed by atoms with Gasteiger partial charge in [0, 0.05) is 16.2 Å². The van der Waals surface area contributed by atoms with E-state index in [0.717, 1.165) is 10.2 Å². The second-order valence-corrected chi connectivity index (χ2v) is 5.18. The minimum absolute atomic E-state index is 0.0278. The van der Waals surface area contributed by atoms with Crippen LogP contribution in [-0.2, 0) is 0 Å². The standard InChI is InChI=1S/C14H14BrN3O2/c1-8-6-12(13(9(2)17-8)14(16)18-19)20-11-5-3-4-10(15)7-11/h3-7,19H,1-2H3,(H2,16,18). The first-order valence-corrected chi connectivity index (χ1v) is 6.70. The lowest BCUT2D eigenvalue weighted by molar-refractivity contribution is 0.318. The average Bonchev–Trinajstić information content (AvgIpc) is 2.37. The minimum Gasteiger partial charge on any atom is -0.456 e. The van der Waals surface area contributed by atoms with Crippen molar-refractivity contribution in [2.24, 2.45) is 10.9 Å². The first kappa shape index (κ1) is 14.3.